The van der Waals surface area contributed by atoms with Crippen LogP contribution in [0.5, 0.6) is 0 Å². The minimum atomic E-state index is -0.428. The molecule has 0 aromatic carbocycles. The fourth-order valence-corrected chi connectivity index (χ4v) is 5.03. The van der Waals surface area contributed by atoms with Gasteiger partial charge in [0.25, 0.3) is 5.91 Å². The summed E-state index contributed by atoms with van der Waals surface area (Å²) in [5, 5.41) is 3.43. The molecule has 3 heterocycles. The number of piperazine rings is 1. The lowest BCUT2D eigenvalue weighted by Crippen LogP contribution is -2.52. The van der Waals surface area contributed by atoms with Crippen LogP contribution in [-0.4, -0.2) is 80.1 Å². The Hall–Kier alpha value is -1.97. The Morgan fingerprint density at radius 2 is 1.97 bits per heavy atom. The van der Waals surface area contributed by atoms with E-state index in [1.165, 1.54) is 18.4 Å². The van der Waals surface area contributed by atoms with Crippen molar-refractivity contribution in [2.45, 2.75) is 39.2 Å². The zero-order chi connectivity index (χ0) is 21.0. The summed E-state index contributed by atoms with van der Waals surface area (Å²) in [7, 11) is 1.35. The molecule has 0 aliphatic carbocycles. The molecule has 160 valence electrons. The Morgan fingerprint density at radius 1 is 1.24 bits per heavy atom. The number of hydrogen-bond donors (Lipinski definition) is 1. The van der Waals surface area contributed by atoms with Crippen molar-refractivity contribution in [1.82, 2.24) is 9.80 Å². The first kappa shape index (κ1) is 21.7. The van der Waals surface area contributed by atoms with E-state index in [1.54, 1.807) is 0 Å². The van der Waals surface area contributed by atoms with Crippen LogP contribution in [0.4, 0.5) is 5.00 Å². The first-order chi connectivity index (χ1) is 13.9. The minimum Gasteiger partial charge on any atom is -0.465 e. The van der Waals surface area contributed by atoms with Gasteiger partial charge in [-0.05, 0) is 31.7 Å². The van der Waals surface area contributed by atoms with Gasteiger partial charge in [0.2, 0.25) is 5.91 Å². The monoisotopic (exact) mass is 423 g/mol. The van der Waals surface area contributed by atoms with E-state index in [9.17, 15) is 14.4 Å². The third-order valence-electron chi connectivity index (χ3n) is 5.46. The van der Waals surface area contributed by atoms with Crippen molar-refractivity contribution in [3.05, 3.63) is 16.0 Å². The molecule has 1 atom stereocenters. The van der Waals surface area contributed by atoms with Gasteiger partial charge in [-0.2, -0.15) is 0 Å². The number of amides is 2. The Labute approximate surface area is 175 Å². The molecule has 0 bridgehead atoms. The third kappa shape index (κ3) is 4.96. The summed E-state index contributed by atoms with van der Waals surface area (Å²) in [4.78, 5) is 42.0. The number of nitrogens with zero attached hydrogens (tertiary/aromatic N) is 2. The Kier molecular flexibility index (Phi) is 7.26. The van der Waals surface area contributed by atoms with Gasteiger partial charge in [-0.15, -0.1) is 11.3 Å². The SMILES string of the molecule is CCc1c(C)sc(NC(=O)CN2CCN(C(=O)C3CCCO3)CC2)c1C(=O)OC. The average molecular weight is 424 g/mol. The lowest BCUT2D eigenvalue weighted by Gasteiger charge is -2.35. The quantitative estimate of drug-likeness (QED) is 0.701. The first-order valence-corrected chi connectivity index (χ1v) is 10.9. The highest BCUT2D eigenvalue weighted by Crippen LogP contribution is 2.34. The number of anilines is 1. The van der Waals surface area contributed by atoms with Crippen molar-refractivity contribution in [1.29, 1.82) is 0 Å². The molecule has 2 aliphatic rings. The molecule has 1 unspecified atom stereocenters. The molecule has 0 spiro atoms. The van der Waals surface area contributed by atoms with Crippen LogP contribution in [-0.2, 0) is 25.5 Å². The van der Waals surface area contributed by atoms with Crippen LogP contribution in [0.15, 0.2) is 0 Å². The van der Waals surface area contributed by atoms with Crippen molar-refractivity contribution in [3.63, 3.8) is 0 Å². The van der Waals surface area contributed by atoms with E-state index in [4.69, 9.17) is 9.47 Å². The van der Waals surface area contributed by atoms with Crippen LogP contribution in [0, 0.1) is 6.92 Å². The van der Waals surface area contributed by atoms with Crippen LogP contribution >= 0.6 is 11.3 Å². The summed E-state index contributed by atoms with van der Waals surface area (Å²) in [6.07, 6.45) is 2.13. The molecule has 2 aliphatic heterocycles. The molecule has 8 nitrogen and oxygen atoms in total. The zero-order valence-corrected chi connectivity index (χ0v) is 18.1. The maximum atomic E-state index is 12.6. The average Bonchev–Trinajstić information content (AvgIpc) is 3.35. The van der Waals surface area contributed by atoms with Crippen molar-refractivity contribution in [2.75, 3.05) is 51.8 Å². The van der Waals surface area contributed by atoms with E-state index in [0.29, 0.717) is 49.8 Å². The van der Waals surface area contributed by atoms with Crippen LogP contribution < -0.4 is 5.32 Å². The van der Waals surface area contributed by atoms with Crippen molar-refractivity contribution < 1.29 is 23.9 Å². The number of methoxy groups -OCH3 is 1. The molecule has 1 aromatic heterocycles. The zero-order valence-electron chi connectivity index (χ0n) is 17.3. The molecule has 1 aromatic rings. The normalized spacial score (nSPS) is 20.0. The lowest BCUT2D eigenvalue weighted by atomic mass is 10.1. The van der Waals surface area contributed by atoms with Crippen molar-refractivity contribution >= 4 is 34.1 Å². The van der Waals surface area contributed by atoms with Gasteiger partial charge in [-0.25, -0.2) is 4.79 Å². The van der Waals surface area contributed by atoms with E-state index in [-0.39, 0.29) is 24.5 Å². The maximum absolute atomic E-state index is 12.6. The largest absolute Gasteiger partial charge is 0.465 e. The number of carbonyl (C=O) groups excluding carboxylic acids is 3. The summed E-state index contributed by atoms with van der Waals surface area (Å²) in [5.41, 5.74) is 1.37. The summed E-state index contributed by atoms with van der Waals surface area (Å²) < 4.78 is 10.4. The summed E-state index contributed by atoms with van der Waals surface area (Å²) in [6, 6.07) is 0. The van der Waals surface area contributed by atoms with E-state index >= 15 is 0 Å². The Morgan fingerprint density at radius 3 is 2.55 bits per heavy atom. The molecule has 1 N–H and O–H groups in total. The number of esters is 1. The highest BCUT2D eigenvalue weighted by molar-refractivity contribution is 7.16. The second kappa shape index (κ2) is 9.69. The summed E-state index contributed by atoms with van der Waals surface area (Å²) >= 11 is 1.40. The first-order valence-electron chi connectivity index (χ1n) is 10.1. The smallest absolute Gasteiger partial charge is 0.341 e. The minimum absolute atomic E-state index is 0.0653. The molecule has 29 heavy (non-hydrogen) atoms. The number of rotatable bonds is 6. The topological polar surface area (TPSA) is 88.2 Å². The lowest BCUT2D eigenvalue weighted by molar-refractivity contribution is -0.142. The number of hydrogen-bond acceptors (Lipinski definition) is 7. The predicted octanol–water partition coefficient (Wildman–Crippen LogP) is 1.67. The van der Waals surface area contributed by atoms with Gasteiger partial charge < -0.3 is 19.7 Å². The van der Waals surface area contributed by atoms with Crippen LogP contribution in [0.25, 0.3) is 0 Å². The highest BCUT2D eigenvalue weighted by atomic mass is 32.1. The van der Waals surface area contributed by atoms with Gasteiger partial charge in [-0.1, -0.05) is 6.92 Å². The van der Waals surface area contributed by atoms with Gasteiger partial charge in [0, 0.05) is 37.7 Å². The third-order valence-corrected chi connectivity index (χ3v) is 6.52. The van der Waals surface area contributed by atoms with E-state index < -0.39 is 5.97 Å². The van der Waals surface area contributed by atoms with Gasteiger partial charge in [-0.3, -0.25) is 14.5 Å². The number of ether oxygens (including phenoxy) is 2. The number of carbonyl (C=O) groups is 3. The summed E-state index contributed by atoms with van der Waals surface area (Å²) in [5.74, 6) is -0.531. The highest BCUT2D eigenvalue weighted by Gasteiger charge is 2.31. The van der Waals surface area contributed by atoms with E-state index in [1.807, 2.05) is 23.6 Å². The van der Waals surface area contributed by atoms with Crippen molar-refractivity contribution in [2.24, 2.45) is 0 Å². The molecule has 3 rings (SSSR count). The standard InChI is InChI=1S/C20H29N3O5S/c1-4-14-13(2)29-18(17(14)20(26)27-3)21-16(24)12-22-7-9-23(10-8-22)19(25)15-6-5-11-28-15/h15H,4-12H2,1-3H3,(H,21,24). The second-order valence-electron chi connectivity index (χ2n) is 7.34. The molecule has 9 heteroatoms. The van der Waals surface area contributed by atoms with Gasteiger partial charge in [0.05, 0.1) is 19.2 Å². The van der Waals surface area contributed by atoms with E-state index in [2.05, 4.69) is 5.32 Å². The number of nitrogens with one attached hydrogen (secondary N) is 1. The second-order valence-corrected chi connectivity index (χ2v) is 8.56. The van der Waals surface area contributed by atoms with Gasteiger partial charge >= 0.3 is 5.97 Å². The molecule has 0 radical (unpaired) electrons. The summed E-state index contributed by atoms with van der Waals surface area (Å²) in [6.45, 7) is 7.27. The van der Waals surface area contributed by atoms with Crippen LogP contribution in [0.2, 0.25) is 0 Å². The molecule has 0 saturated carbocycles. The number of thiophene rings is 1. The fourth-order valence-electron chi connectivity index (χ4n) is 3.88. The maximum Gasteiger partial charge on any atom is 0.341 e. The number of aryl methyl sites for hydroxylation is 1. The van der Waals surface area contributed by atoms with Crippen LogP contribution in [0.1, 0.15) is 40.6 Å². The molecule has 2 saturated heterocycles. The molecular weight excluding hydrogens is 394 g/mol. The molecule has 2 fully saturated rings. The van der Waals surface area contributed by atoms with Gasteiger partial charge in [0.1, 0.15) is 11.1 Å². The van der Waals surface area contributed by atoms with Crippen LogP contribution in [0.3, 0.4) is 0 Å². The van der Waals surface area contributed by atoms with Gasteiger partial charge in [0.15, 0.2) is 0 Å². The predicted molar refractivity (Wildman–Crippen MR) is 110 cm³/mol. The van der Waals surface area contributed by atoms with E-state index in [0.717, 1.165) is 23.3 Å². The Bertz CT molecular complexity index is 764. The Balaban J connectivity index is 1.54. The van der Waals surface area contributed by atoms with Crippen molar-refractivity contribution in [3.8, 4) is 0 Å². The molecular formula is C20H29N3O5S. The molecule has 2 amide bonds. The fraction of sp³-hybridized carbons (Fsp3) is 0.650.